The molecule has 0 N–H and O–H groups in total. The standard InChI is InChI=1S/C12H16O/c1-11-4-3-8(13)9-6(11)5-7-10(11)12(7,9)2/h6-7,9-10H,3-5H2,1-2H3/t6-,7-,9+,10+,11+,12+/m1/s1. The minimum Gasteiger partial charge on any atom is -0.299 e. The van der Waals surface area contributed by atoms with Crippen molar-refractivity contribution in [2.75, 3.05) is 0 Å². The monoisotopic (exact) mass is 176 g/mol. The molecule has 0 aromatic carbocycles. The van der Waals surface area contributed by atoms with Gasteiger partial charge in [0.1, 0.15) is 5.78 Å². The van der Waals surface area contributed by atoms with Crippen LogP contribution in [0.3, 0.4) is 0 Å². The van der Waals surface area contributed by atoms with E-state index < -0.39 is 0 Å². The van der Waals surface area contributed by atoms with E-state index in [1.807, 2.05) is 0 Å². The van der Waals surface area contributed by atoms with Gasteiger partial charge < -0.3 is 0 Å². The van der Waals surface area contributed by atoms with Crippen LogP contribution >= 0.6 is 0 Å². The van der Waals surface area contributed by atoms with Crippen molar-refractivity contribution >= 4 is 5.78 Å². The summed E-state index contributed by atoms with van der Waals surface area (Å²) in [4.78, 5) is 11.9. The fourth-order valence-electron chi connectivity index (χ4n) is 5.79. The molecule has 70 valence electrons. The summed E-state index contributed by atoms with van der Waals surface area (Å²) in [6.07, 6.45) is 3.47. The molecule has 5 rings (SSSR count). The molecule has 0 aliphatic heterocycles. The van der Waals surface area contributed by atoms with Crippen LogP contribution in [0.1, 0.15) is 33.1 Å². The largest absolute Gasteiger partial charge is 0.299 e. The first-order valence-corrected chi connectivity index (χ1v) is 5.63. The predicted octanol–water partition coefficient (Wildman–Crippen LogP) is 2.26. The third kappa shape index (κ3) is 0.442. The van der Waals surface area contributed by atoms with Crippen molar-refractivity contribution in [1.82, 2.24) is 0 Å². The second-order valence-corrected chi connectivity index (χ2v) is 6.24. The van der Waals surface area contributed by atoms with Gasteiger partial charge in [-0.3, -0.25) is 4.79 Å². The van der Waals surface area contributed by atoms with Gasteiger partial charge in [0.15, 0.2) is 0 Å². The lowest BCUT2D eigenvalue weighted by Gasteiger charge is -2.35. The number of carbonyl (C=O) groups is 1. The van der Waals surface area contributed by atoms with Gasteiger partial charge in [-0.1, -0.05) is 13.8 Å². The minimum absolute atomic E-state index is 0.479. The SMILES string of the molecule is C[C@]12CCC(=O)[C@@H]3[C@H]1C[C@@H]1[C@@H]2[C@@]13C. The zero-order valence-corrected chi connectivity index (χ0v) is 8.34. The zero-order chi connectivity index (χ0) is 9.01. The van der Waals surface area contributed by atoms with Crippen LogP contribution in [0.2, 0.25) is 0 Å². The Bertz CT molecular complexity index is 334. The molecular formula is C12H16O. The predicted molar refractivity (Wildman–Crippen MR) is 49.0 cm³/mol. The molecule has 0 aromatic heterocycles. The molecular weight excluding hydrogens is 160 g/mol. The van der Waals surface area contributed by atoms with Gasteiger partial charge in [-0.15, -0.1) is 0 Å². The maximum absolute atomic E-state index is 11.9. The van der Waals surface area contributed by atoms with Gasteiger partial charge in [-0.25, -0.2) is 0 Å². The summed E-state index contributed by atoms with van der Waals surface area (Å²) in [5, 5.41) is 0. The van der Waals surface area contributed by atoms with Crippen molar-refractivity contribution in [3.05, 3.63) is 0 Å². The van der Waals surface area contributed by atoms with E-state index in [1.165, 1.54) is 12.8 Å². The van der Waals surface area contributed by atoms with Gasteiger partial charge in [0.25, 0.3) is 0 Å². The number of rotatable bonds is 0. The van der Waals surface area contributed by atoms with Crippen molar-refractivity contribution < 1.29 is 4.79 Å². The molecule has 0 spiro atoms. The van der Waals surface area contributed by atoms with E-state index in [9.17, 15) is 4.79 Å². The lowest BCUT2D eigenvalue weighted by atomic mass is 9.68. The molecule has 0 heterocycles. The summed E-state index contributed by atoms with van der Waals surface area (Å²) in [6.45, 7) is 4.85. The van der Waals surface area contributed by atoms with Crippen molar-refractivity contribution in [2.24, 2.45) is 34.5 Å². The van der Waals surface area contributed by atoms with Gasteiger partial charge in [-0.05, 0) is 41.4 Å². The Balaban J connectivity index is 1.96. The van der Waals surface area contributed by atoms with Crippen LogP contribution in [0, 0.1) is 34.5 Å². The molecule has 5 fully saturated rings. The average molecular weight is 176 g/mol. The van der Waals surface area contributed by atoms with Gasteiger partial charge in [0, 0.05) is 12.3 Å². The van der Waals surface area contributed by atoms with E-state index in [4.69, 9.17) is 0 Å². The van der Waals surface area contributed by atoms with Crippen molar-refractivity contribution in [3.63, 3.8) is 0 Å². The number of hydrogen-bond donors (Lipinski definition) is 0. The lowest BCUT2D eigenvalue weighted by Crippen LogP contribution is -2.34. The van der Waals surface area contributed by atoms with Crippen LogP contribution < -0.4 is 0 Å². The lowest BCUT2D eigenvalue weighted by molar-refractivity contribution is -0.128. The summed E-state index contributed by atoms with van der Waals surface area (Å²) in [5.41, 5.74) is 1.06. The molecule has 6 bridgehead atoms. The van der Waals surface area contributed by atoms with Gasteiger partial charge in [-0.2, -0.15) is 0 Å². The summed E-state index contributed by atoms with van der Waals surface area (Å²) in [5.74, 6) is 3.75. The van der Waals surface area contributed by atoms with E-state index in [2.05, 4.69) is 13.8 Å². The number of carbonyl (C=O) groups excluding carboxylic acids is 1. The van der Waals surface area contributed by atoms with Crippen LogP contribution in [0.4, 0.5) is 0 Å². The molecule has 13 heavy (non-hydrogen) atoms. The van der Waals surface area contributed by atoms with E-state index in [1.54, 1.807) is 0 Å². The Kier molecular flexibility index (Phi) is 0.816. The van der Waals surface area contributed by atoms with Crippen LogP contribution in [-0.2, 0) is 4.79 Å². The quantitative estimate of drug-likeness (QED) is 0.553. The van der Waals surface area contributed by atoms with E-state index in [0.29, 0.717) is 22.5 Å². The van der Waals surface area contributed by atoms with Crippen LogP contribution in [-0.4, -0.2) is 5.78 Å². The maximum atomic E-state index is 11.9. The Labute approximate surface area is 78.9 Å². The second kappa shape index (κ2) is 1.51. The third-order valence-electron chi connectivity index (χ3n) is 6.16. The highest BCUT2D eigenvalue weighted by molar-refractivity contribution is 5.86. The highest BCUT2D eigenvalue weighted by Crippen LogP contribution is 2.89. The highest BCUT2D eigenvalue weighted by atomic mass is 16.1. The molecule has 5 aliphatic rings. The van der Waals surface area contributed by atoms with Gasteiger partial charge in [0.2, 0.25) is 0 Å². The molecule has 5 saturated carbocycles. The molecule has 6 atom stereocenters. The van der Waals surface area contributed by atoms with Gasteiger partial charge >= 0.3 is 0 Å². The number of Topliss-reactive ketones (excluding diaryl/α,β-unsaturated/α-hetero) is 1. The summed E-state index contributed by atoms with van der Waals surface area (Å²) in [6, 6.07) is 0. The normalized spacial score (nSPS) is 71.7. The summed E-state index contributed by atoms with van der Waals surface area (Å²) >= 11 is 0. The first-order chi connectivity index (χ1) is 6.10. The van der Waals surface area contributed by atoms with E-state index in [-0.39, 0.29) is 0 Å². The fourth-order valence-corrected chi connectivity index (χ4v) is 5.79. The number of hydrogen-bond acceptors (Lipinski definition) is 1. The Morgan fingerprint density at radius 2 is 2.08 bits per heavy atom. The van der Waals surface area contributed by atoms with Crippen LogP contribution in [0.5, 0.6) is 0 Å². The van der Waals surface area contributed by atoms with E-state index in [0.717, 1.165) is 24.2 Å². The Morgan fingerprint density at radius 1 is 1.31 bits per heavy atom. The summed E-state index contributed by atoms with van der Waals surface area (Å²) < 4.78 is 0. The summed E-state index contributed by atoms with van der Waals surface area (Å²) in [7, 11) is 0. The molecule has 0 amide bonds. The number of ketones is 1. The first kappa shape index (κ1) is 7.03. The molecule has 0 aromatic rings. The van der Waals surface area contributed by atoms with Crippen molar-refractivity contribution in [1.29, 1.82) is 0 Å². The van der Waals surface area contributed by atoms with Gasteiger partial charge in [0.05, 0.1) is 0 Å². The average Bonchev–Trinajstić information content (AvgIpc) is 2.38. The van der Waals surface area contributed by atoms with Crippen LogP contribution in [0.15, 0.2) is 0 Å². The van der Waals surface area contributed by atoms with Crippen molar-refractivity contribution in [2.45, 2.75) is 33.1 Å². The second-order valence-electron chi connectivity index (χ2n) is 6.24. The molecule has 0 saturated heterocycles. The molecule has 1 heteroatoms. The Hall–Kier alpha value is -0.330. The third-order valence-corrected chi connectivity index (χ3v) is 6.16. The minimum atomic E-state index is 0.479. The highest BCUT2D eigenvalue weighted by Gasteiger charge is 2.86. The fraction of sp³-hybridized carbons (Fsp3) is 0.917. The van der Waals surface area contributed by atoms with Crippen LogP contribution in [0.25, 0.3) is 0 Å². The molecule has 0 radical (unpaired) electrons. The molecule has 5 aliphatic carbocycles. The topological polar surface area (TPSA) is 17.1 Å². The first-order valence-electron chi connectivity index (χ1n) is 5.63. The van der Waals surface area contributed by atoms with Crippen molar-refractivity contribution in [3.8, 4) is 0 Å². The smallest absolute Gasteiger partial charge is 0.136 e. The zero-order valence-electron chi connectivity index (χ0n) is 8.34. The van der Waals surface area contributed by atoms with E-state index >= 15 is 0 Å². The maximum Gasteiger partial charge on any atom is 0.136 e. The Morgan fingerprint density at radius 3 is 2.69 bits per heavy atom. The molecule has 0 unspecified atom stereocenters. The molecule has 1 nitrogen and oxygen atoms in total.